The number of likely N-dealkylation sites (tertiary alicyclic amines) is 1. The summed E-state index contributed by atoms with van der Waals surface area (Å²) < 4.78 is 0. The summed E-state index contributed by atoms with van der Waals surface area (Å²) in [5, 5.41) is 0. The van der Waals surface area contributed by atoms with Crippen LogP contribution in [-0.2, 0) is 9.59 Å². The highest BCUT2D eigenvalue weighted by Gasteiger charge is 2.20. The molecule has 0 aliphatic carbocycles. The zero-order valence-electron chi connectivity index (χ0n) is 8.21. The number of ketones is 1. The maximum atomic E-state index is 11.5. The first-order valence-corrected chi connectivity index (χ1v) is 5.03. The van der Waals surface area contributed by atoms with Crippen molar-refractivity contribution in [1.29, 1.82) is 0 Å². The van der Waals surface area contributed by atoms with E-state index in [1.807, 2.05) is 0 Å². The van der Waals surface area contributed by atoms with Crippen molar-refractivity contribution in [3.05, 3.63) is 0 Å². The highest BCUT2D eigenvalue weighted by molar-refractivity contribution is 5.87. The molecule has 0 aromatic carbocycles. The molecule has 0 N–H and O–H groups in total. The summed E-state index contributed by atoms with van der Waals surface area (Å²) in [4.78, 5) is 24.2. The van der Waals surface area contributed by atoms with E-state index in [9.17, 15) is 9.59 Å². The number of rotatable bonds is 3. The van der Waals surface area contributed by atoms with Gasteiger partial charge in [-0.05, 0) is 12.8 Å². The SMILES string of the molecule is CCCCC(=O)N1CCCC(=O)C1. The Bertz CT molecular complexity index is 201. The summed E-state index contributed by atoms with van der Waals surface area (Å²) in [6, 6.07) is 0. The second-order valence-corrected chi connectivity index (χ2v) is 3.56. The lowest BCUT2D eigenvalue weighted by molar-refractivity contribution is -0.137. The predicted octanol–water partition coefficient (Wildman–Crippen LogP) is 1.37. The van der Waals surface area contributed by atoms with Crippen LogP contribution in [0, 0.1) is 0 Å². The van der Waals surface area contributed by atoms with E-state index >= 15 is 0 Å². The average molecular weight is 183 g/mol. The Morgan fingerprint density at radius 1 is 1.54 bits per heavy atom. The molecule has 1 amide bonds. The number of hydrogen-bond acceptors (Lipinski definition) is 2. The van der Waals surface area contributed by atoms with E-state index in [2.05, 4.69) is 6.92 Å². The van der Waals surface area contributed by atoms with Gasteiger partial charge >= 0.3 is 0 Å². The third-order valence-electron chi connectivity index (χ3n) is 2.35. The summed E-state index contributed by atoms with van der Waals surface area (Å²) in [5.41, 5.74) is 0. The van der Waals surface area contributed by atoms with Gasteiger partial charge in [0.25, 0.3) is 0 Å². The van der Waals surface area contributed by atoms with Crippen molar-refractivity contribution in [3.63, 3.8) is 0 Å². The topological polar surface area (TPSA) is 37.4 Å². The van der Waals surface area contributed by atoms with Crippen LogP contribution in [0.25, 0.3) is 0 Å². The average Bonchev–Trinajstić information content (AvgIpc) is 2.14. The van der Waals surface area contributed by atoms with Gasteiger partial charge < -0.3 is 4.90 Å². The van der Waals surface area contributed by atoms with E-state index in [-0.39, 0.29) is 11.7 Å². The van der Waals surface area contributed by atoms with Crippen LogP contribution in [0.15, 0.2) is 0 Å². The number of carbonyl (C=O) groups is 2. The molecule has 1 rings (SSSR count). The van der Waals surface area contributed by atoms with Gasteiger partial charge in [0.05, 0.1) is 6.54 Å². The standard InChI is InChI=1S/C10H17NO2/c1-2-3-6-10(13)11-7-4-5-9(12)8-11/h2-8H2,1H3. The lowest BCUT2D eigenvalue weighted by atomic mass is 10.1. The second kappa shape index (κ2) is 5.00. The quantitative estimate of drug-likeness (QED) is 0.662. The molecule has 0 spiro atoms. The van der Waals surface area contributed by atoms with E-state index in [0.717, 1.165) is 25.8 Å². The molecule has 1 fully saturated rings. The molecule has 1 aliphatic rings. The Hall–Kier alpha value is -0.860. The normalized spacial score (nSPS) is 17.6. The van der Waals surface area contributed by atoms with Crippen molar-refractivity contribution in [2.45, 2.75) is 39.0 Å². The van der Waals surface area contributed by atoms with E-state index in [4.69, 9.17) is 0 Å². The van der Waals surface area contributed by atoms with Crippen molar-refractivity contribution in [3.8, 4) is 0 Å². The first-order valence-electron chi connectivity index (χ1n) is 5.03. The number of nitrogens with zero attached hydrogens (tertiary/aromatic N) is 1. The summed E-state index contributed by atoms with van der Waals surface area (Å²) in [7, 11) is 0. The first-order chi connectivity index (χ1) is 6.24. The maximum absolute atomic E-state index is 11.5. The number of amides is 1. The van der Waals surface area contributed by atoms with E-state index in [1.165, 1.54) is 0 Å². The molecule has 1 heterocycles. The highest BCUT2D eigenvalue weighted by atomic mass is 16.2. The fourth-order valence-electron chi connectivity index (χ4n) is 1.54. The smallest absolute Gasteiger partial charge is 0.222 e. The molecule has 13 heavy (non-hydrogen) atoms. The molecular weight excluding hydrogens is 166 g/mol. The fraction of sp³-hybridized carbons (Fsp3) is 0.800. The van der Waals surface area contributed by atoms with Crippen molar-refractivity contribution >= 4 is 11.7 Å². The van der Waals surface area contributed by atoms with Gasteiger partial charge in [-0.2, -0.15) is 0 Å². The van der Waals surface area contributed by atoms with Crippen LogP contribution in [-0.4, -0.2) is 29.7 Å². The third-order valence-corrected chi connectivity index (χ3v) is 2.35. The molecule has 0 aromatic rings. The zero-order valence-corrected chi connectivity index (χ0v) is 8.21. The van der Waals surface area contributed by atoms with Crippen LogP contribution >= 0.6 is 0 Å². The van der Waals surface area contributed by atoms with E-state index in [0.29, 0.717) is 19.4 Å². The van der Waals surface area contributed by atoms with Gasteiger partial charge in [0.2, 0.25) is 5.91 Å². The van der Waals surface area contributed by atoms with Gasteiger partial charge in [-0.15, -0.1) is 0 Å². The van der Waals surface area contributed by atoms with Crippen LogP contribution < -0.4 is 0 Å². The molecule has 1 aliphatic heterocycles. The molecule has 0 radical (unpaired) electrons. The Kier molecular flexibility index (Phi) is 3.93. The monoisotopic (exact) mass is 183 g/mol. The number of hydrogen-bond donors (Lipinski definition) is 0. The summed E-state index contributed by atoms with van der Waals surface area (Å²) >= 11 is 0. The van der Waals surface area contributed by atoms with Crippen LogP contribution in [0.3, 0.4) is 0 Å². The molecule has 1 saturated heterocycles. The first kappa shape index (κ1) is 10.2. The molecule has 0 atom stereocenters. The third kappa shape index (κ3) is 3.17. The molecule has 0 bridgehead atoms. The van der Waals surface area contributed by atoms with Crippen LogP contribution in [0.1, 0.15) is 39.0 Å². The fourth-order valence-corrected chi connectivity index (χ4v) is 1.54. The van der Waals surface area contributed by atoms with Crippen LogP contribution in [0.5, 0.6) is 0 Å². The number of piperidine rings is 1. The largest absolute Gasteiger partial charge is 0.335 e. The summed E-state index contributed by atoms with van der Waals surface area (Å²) in [5.74, 6) is 0.353. The molecular formula is C10H17NO2. The van der Waals surface area contributed by atoms with Crippen LogP contribution in [0.4, 0.5) is 0 Å². The Morgan fingerprint density at radius 2 is 2.31 bits per heavy atom. The van der Waals surface area contributed by atoms with Crippen molar-refractivity contribution in [2.24, 2.45) is 0 Å². The van der Waals surface area contributed by atoms with Gasteiger partial charge in [0.15, 0.2) is 5.78 Å². The molecule has 0 saturated carbocycles. The van der Waals surface area contributed by atoms with Crippen molar-refractivity contribution < 1.29 is 9.59 Å². The number of Topliss-reactive ketones (excluding diaryl/α,β-unsaturated/α-hetero) is 1. The second-order valence-electron chi connectivity index (χ2n) is 3.56. The summed E-state index contributed by atoms with van der Waals surface area (Å²) in [6.45, 7) is 3.19. The predicted molar refractivity (Wildman–Crippen MR) is 50.3 cm³/mol. The lowest BCUT2D eigenvalue weighted by Crippen LogP contribution is -2.39. The minimum absolute atomic E-state index is 0.148. The number of carbonyl (C=O) groups excluding carboxylic acids is 2. The molecule has 0 unspecified atom stereocenters. The molecule has 3 heteroatoms. The molecule has 74 valence electrons. The molecule has 0 aromatic heterocycles. The van der Waals surface area contributed by atoms with Crippen LogP contribution in [0.2, 0.25) is 0 Å². The summed E-state index contributed by atoms with van der Waals surface area (Å²) in [6.07, 6.45) is 4.06. The Balaban J connectivity index is 2.32. The molecule has 3 nitrogen and oxygen atoms in total. The van der Waals surface area contributed by atoms with Gasteiger partial charge in [-0.3, -0.25) is 9.59 Å². The van der Waals surface area contributed by atoms with E-state index in [1.54, 1.807) is 4.90 Å². The Labute approximate surface area is 79.1 Å². The minimum Gasteiger partial charge on any atom is -0.335 e. The van der Waals surface area contributed by atoms with Gasteiger partial charge in [-0.25, -0.2) is 0 Å². The van der Waals surface area contributed by atoms with Crippen molar-refractivity contribution in [1.82, 2.24) is 4.90 Å². The van der Waals surface area contributed by atoms with Crippen molar-refractivity contribution in [2.75, 3.05) is 13.1 Å². The lowest BCUT2D eigenvalue weighted by Gasteiger charge is -2.25. The van der Waals surface area contributed by atoms with Gasteiger partial charge in [-0.1, -0.05) is 13.3 Å². The van der Waals surface area contributed by atoms with E-state index < -0.39 is 0 Å². The van der Waals surface area contributed by atoms with Gasteiger partial charge in [0.1, 0.15) is 0 Å². The maximum Gasteiger partial charge on any atom is 0.222 e. The Morgan fingerprint density at radius 3 is 2.92 bits per heavy atom. The number of unbranched alkanes of at least 4 members (excludes halogenated alkanes) is 1. The highest BCUT2D eigenvalue weighted by Crippen LogP contribution is 2.08. The zero-order chi connectivity index (χ0) is 9.68. The van der Waals surface area contributed by atoms with Gasteiger partial charge in [0, 0.05) is 19.4 Å². The minimum atomic E-state index is 0.148.